The Morgan fingerprint density at radius 2 is 1.77 bits per heavy atom. The first-order valence-electron chi connectivity index (χ1n) is 5.97. The molecule has 3 radical (unpaired) electrons. The van der Waals surface area contributed by atoms with Crippen LogP contribution in [0.2, 0.25) is 0 Å². The third-order valence-electron chi connectivity index (χ3n) is 3.09. The molecular weight excluding hydrogens is 309 g/mol. The van der Waals surface area contributed by atoms with Crippen molar-refractivity contribution in [3.8, 4) is 22.6 Å². The second kappa shape index (κ2) is 7.02. The van der Waals surface area contributed by atoms with Crippen molar-refractivity contribution in [3.05, 3.63) is 48.4 Å². The Hall–Kier alpha value is -2.44. The molecule has 22 heavy (non-hydrogen) atoms. The van der Waals surface area contributed by atoms with E-state index in [9.17, 15) is 9.50 Å². The van der Waals surface area contributed by atoms with E-state index < -0.39 is 0 Å². The van der Waals surface area contributed by atoms with Gasteiger partial charge in [-0.2, -0.15) is 5.10 Å². The molecule has 0 aliphatic heterocycles. The summed E-state index contributed by atoms with van der Waals surface area (Å²) < 4.78 is 18.3. The van der Waals surface area contributed by atoms with Crippen molar-refractivity contribution < 1.29 is 14.2 Å². The van der Waals surface area contributed by atoms with E-state index in [2.05, 4.69) is 10.2 Å². The minimum atomic E-state index is -0.296. The number of fused-ring (bicyclic) bond motifs is 1. The maximum atomic E-state index is 13.0. The van der Waals surface area contributed by atoms with Crippen LogP contribution in [0.4, 0.5) is 4.39 Å². The second-order valence-corrected chi connectivity index (χ2v) is 4.31. The van der Waals surface area contributed by atoms with Crippen molar-refractivity contribution in [1.29, 1.82) is 0 Å². The van der Waals surface area contributed by atoms with Gasteiger partial charge in [-0.1, -0.05) is 12.1 Å². The Morgan fingerprint density at radius 1 is 1.09 bits per heavy atom. The molecule has 1 N–H and O–H groups in total. The standard InChI is InChI=1S/C15H11FN2O2.ClH.N/c1-20-14-7-10(9-2-4-11(16)5-3-9)6-12-13(19)8-17-18-15(12)14;;/h2-8H,1H3,(H,18,19);1H;. The minimum Gasteiger partial charge on any atom is -0.506 e. The van der Waals surface area contributed by atoms with Crippen LogP contribution in [0, 0.1) is 5.82 Å². The third-order valence-corrected chi connectivity index (χ3v) is 3.09. The topological polar surface area (TPSA) is 85.7 Å². The molecule has 0 aliphatic rings. The van der Waals surface area contributed by atoms with E-state index >= 15 is 0 Å². The molecule has 2 aromatic carbocycles. The smallest absolute Gasteiger partial charge is 0.147 e. The Balaban J connectivity index is 0.00000121. The lowest BCUT2D eigenvalue weighted by Crippen LogP contribution is -1.91. The first-order chi connectivity index (χ1) is 9.69. The summed E-state index contributed by atoms with van der Waals surface area (Å²) in [6, 6.07) is 9.66. The van der Waals surface area contributed by atoms with Crippen molar-refractivity contribution in [2.45, 2.75) is 0 Å². The van der Waals surface area contributed by atoms with Crippen LogP contribution in [0.25, 0.3) is 22.0 Å². The third kappa shape index (κ3) is 3.08. The van der Waals surface area contributed by atoms with E-state index in [4.69, 9.17) is 4.74 Å². The average molecular weight is 321 g/mol. The zero-order valence-corrected chi connectivity index (χ0v) is 12.3. The van der Waals surface area contributed by atoms with Gasteiger partial charge in [-0.3, -0.25) is 0 Å². The van der Waals surface area contributed by atoms with Crippen molar-refractivity contribution in [1.82, 2.24) is 16.3 Å². The van der Waals surface area contributed by atoms with E-state index in [1.165, 1.54) is 25.4 Å². The fourth-order valence-electron chi connectivity index (χ4n) is 2.08. The van der Waals surface area contributed by atoms with Crippen LogP contribution in [-0.2, 0) is 0 Å². The molecule has 0 spiro atoms. The average Bonchev–Trinajstić information content (AvgIpc) is 2.47. The lowest BCUT2D eigenvalue weighted by Gasteiger charge is -2.09. The summed E-state index contributed by atoms with van der Waals surface area (Å²) in [5.74, 6) is 0.234. The molecule has 0 unspecified atom stereocenters. The van der Waals surface area contributed by atoms with Gasteiger partial charge in [0, 0.05) is 11.5 Å². The van der Waals surface area contributed by atoms with E-state index in [1.54, 1.807) is 24.3 Å². The molecule has 0 amide bonds. The number of aromatic hydroxyl groups is 1. The van der Waals surface area contributed by atoms with Crippen molar-refractivity contribution >= 4 is 23.3 Å². The monoisotopic (exact) mass is 320 g/mol. The normalized spacial score (nSPS) is 9.73. The fraction of sp³-hybridized carbons (Fsp3) is 0.0667. The van der Waals surface area contributed by atoms with E-state index in [1.807, 2.05) is 0 Å². The van der Waals surface area contributed by atoms with Crippen molar-refractivity contribution in [2.24, 2.45) is 0 Å². The Morgan fingerprint density at radius 3 is 2.41 bits per heavy atom. The molecule has 5 nitrogen and oxygen atoms in total. The summed E-state index contributed by atoms with van der Waals surface area (Å²) in [6.07, 6.45) is 1.27. The number of methoxy groups -OCH3 is 1. The van der Waals surface area contributed by atoms with Gasteiger partial charge in [0.2, 0.25) is 0 Å². The SMILES string of the molecule is COc1cc(-c2ccc(F)cc2)cc2c(O)cnnc12.Cl.[N]. The van der Waals surface area contributed by atoms with Crippen LogP contribution in [0.1, 0.15) is 0 Å². The van der Waals surface area contributed by atoms with Crippen LogP contribution < -0.4 is 10.9 Å². The molecular formula is C15H12ClFN3O2. The number of hydrogen-bond acceptors (Lipinski definition) is 4. The molecule has 0 aliphatic carbocycles. The van der Waals surface area contributed by atoms with Crippen LogP contribution in [0.15, 0.2) is 42.6 Å². The maximum Gasteiger partial charge on any atom is 0.147 e. The number of hydrogen-bond donors (Lipinski definition) is 1. The highest BCUT2D eigenvalue weighted by molar-refractivity contribution is 5.93. The molecule has 0 fully saturated rings. The van der Waals surface area contributed by atoms with Crippen LogP contribution in [-0.4, -0.2) is 22.4 Å². The summed E-state index contributed by atoms with van der Waals surface area (Å²) in [4.78, 5) is 0. The largest absolute Gasteiger partial charge is 0.506 e. The molecule has 3 aromatic rings. The number of halogens is 2. The number of rotatable bonds is 2. The van der Waals surface area contributed by atoms with Gasteiger partial charge in [0.05, 0.1) is 13.3 Å². The van der Waals surface area contributed by atoms with Gasteiger partial charge >= 0.3 is 0 Å². The summed E-state index contributed by atoms with van der Waals surface area (Å²) in [5, 5.41) is 18.1. The van der Waals surface area contributed by atoms with Gasteiger partial charge < -0.3 is 9.84 Å². The highest BCUT2D eigenvalue weighted by Gasteiger charge is 2.11. The van der Waals surface area contributed by atoms with E-state index in [0.717, 1.165) is 11.1 Å². The molecule has 3 rings (SSSR count). The van der Waals surface area contributed by atoms with E-state index in [0.29, 0.717) is 16.7 Å². The maximum absolute atomic E-state index is 13.0. The number of benzene rings is 2. The molecule has 113 valence electrons. The zero-order chi connectivity index (χ0) is 14.1. The Bertz CT molecular complexity index is 782. The number of ether oxygens (including phenoxy) is 1. The molecule has 0 saturated heterocycles. The highest BCUT2D eigenvalue weighted by Crippen LogP contribution is 2.34. The lowest BCUT2D eigenvalue weighted by atomic mass is 10.0. The number of aromatic nitrogens is 2. The molecule has 1 heterocycles. The number of nitrogens with zero attached hydrogens (tertiary/aromatic N) is 3. The van der Waals surface area contributed by atoms with Gasteiger partial charge in [0.1, 0.15) is 22.8 Å². The Labute approximate surface area is 132 Å². The van der Waals surface area contributed by atoms with Crippen LogP contribution in [0.5, 0.6) is 11.5 Å². The predicted octanol–water partition coefficient (Wildman–Crippen LogP) is 3.09. The first-order valence-corrected chi connectivity index (χ1v) is 5.97. The quantitative estimate of drug-likeness (QED) is 0.786. The first kappa shape index (κ1) is 17.6. The zero-order valence-electron chi connectivity index (χ0n) is 11.5. The summed E-state index contributed by atoms with van der Waals surface area (Å²) in [7, 11) is 1.52. The van der Waals surface area contributed by atoms with Gasteiger partial charge in [0.15, 0.2) is 0 Å². The molecule has 1 aromatic heterocycles. The van der Waals surface area contributed by atoms with Gasteiger partial charge in [0.25, 0.3) is 0 Å². The summed E-state index contributed by atoms with van der Waals surface area (Å²) in [5.41, 5.74) is 2.11. The van der Waals surface area contributed by atoms with Gasteiger partial charge in [-0.25, -0.2) is 4.39 Å². The lowest BCUT2D eigenvalue weighted by molar-refractivity contribution is 0.418. The summed E-state index contributed by atoms with van der Waals surface area (Å²) >= 11 is 0. The van der Waals surface area contributed by atoms with Gasteiger partial charge in [-0.15, -0.1) is 17.5 Å². The minimum absolute atomic E-state index is 0. The molecule has 7 heteroatoms. The van der Waals surface area contributed by atoms with Crippen molar-refractivity contribution in [3.63, 3.8) is 0 Å². The van der Waals surface area contributed by atoms with Crippen LogP contribution >= 0.6 is 12.4 Å². The second-order valence-electron chi connectivity index (χ2n) is 4.31. The van der Waals surface area contributed by atoms with Crippen molar-refractivity contribution in [2.75, 3.05) is 7.11 Å². The van der Waals surface area contributed by atoms with E-state index in [-0.39, 0.29) is 30.1 Å². The molecule has 0 bridgehead atoms. The molecule has 0 saturated carbocycles. The molecule has 0 atom stereocenters. The van der Waals surface area contributed by atoms with Gasteiger partial charge in [-0.05, 0) is 35.4 Å². The Kier molecular flexibility index (Phi) is 5.62. The fourth-order valence-corrected chi connectivity index (χ4v) is 2.08. The highest BCUT2D eigenvalue weighted by atomic mass is 35.5. The summed E-state index contributed by atoms with van der Waals surface area (Å²) in [6.45, 7) is 0. The predicted molar refractivity (Wildman–Crippen MR) is 82.5 cm³/mol. The van der Waals surface area contributed by atoms with Crippen LogP contribution in [0.3, 0.4) is 0 Å².